The molecule has 4 N–H and O–H groups in total. The highest BCUT2D eigenvalue weighted by molar-refractivity contribution is 14.0. The summed E-state index contributed by atoms with van der Waals surface area (Å²) < 4.78 is 28.3. The molecule has 2 aromatic carbocycles. The molecule has 174 valence electrons. The minimum absolute atomic E-state index is 0. The SMILES string of the molecule is CN=C(NCCc1c[nH]c2ccccc12)NCc1ccccc1S(=O)(=O)NC(C)(C)C.I. The van der Waals surface area contributed by atoms with E-state index in [9.17, 15) is 8.42 Å². The molecule has 0 unspecified atom stereocenters. The lowest BCUT2D eigenvalue weighted by molar-refractivity contribution is 0.491. The number of nitrogens with zero attached hydrogens (tertiary/aromatic N) is 1. The van der Waals surface area contributed by atoms with Gasteiger partial charge in [0, 0.05) is 42.8 Å². The van der Waals surface area contributed by atoms with Gasteiger partial charge in [-0.2, -0.15) is 0 Å². The molecule has 32 heavy (non-hydrogen) atoms. The Bertz CT molecular complexity index is 1170. The molecule has 0 aliphatic rings. The Hall–Kier alpha value is -2.11. The van der Waals surface area contributed by atoms with E-state index in [4.69, 9.17) is 0 Å². The van der Waals surface area contributed by atoms with Crippen LogP contribution in [0.2, 0.25) is 0 Å². The summed E-state index contributed by atoms with van der Waals surface area (Å²) in [5.74, 6) is 0.621. The third kappa shape index (κ3) is 6.94. The quantitative estimate of drug-likeness (QED) is 0.198. The molecule has 0 bridgehead atoms. The van der Waals surface area contributed by atoms with Crippen molar-refractivity contribution in [3.63, 3.8) is 0 Å². The Morgan fingerprint density at radius 2 is 1.69 bits per heavy atom. The number of halogens is 1. The second-order valence-electron chi connectivity index (χ2n) is 8.43. The molecule has 0 amide bonds. The predicted molar refractivity (Wildman–Crippen MR) is 142 cm³/mol. The predicted octanol–water partition coefficient (Wildman–Crippen LogP) is 3.77. The summed E-state index contributed by atoms with van der Waals surface area (Å²) >= 11 is 0. The van der Waals surface area contributed by atoms with Crippen LogP contribution in [0, 0.1) is 0 Å². The van der Waals surface area contributed by atoms with Crippen LogP contribution >= 0.6 is 24.0 Å². The molecule has 7 nitrogen and oxygen atoms in total. The molecule has 0 spiro atoms. The van der Waals surface area contributed by atoms with E-state index in [1.807, 2.05) is 51.2 Å². The lowest BCUT2D eigenvalue weighted by Crippen LogP contribution is -2.41. The Labute approximate surface area is 207 Å². The molecule has 0 saturated carbocycles. The van der Waals surface area contributed by atoms with E-state index in [2.05, 4.69) is 37.5 Å². The largest absolute Gasteiger partial charge is 0.361 e. The van der Waals surface area contributed by atoms with Crippen molar-refractivity contribution < 1.29 is 8.42 Å². The van der Waals surface area contributed by atoms with E-state index < -0.39 is 15.6 Å². The first-order chi connectivity index (χ1) is 14.7. The number of fused-ring (bicyclic) bond motifs is 1. The maximum atomic E-state index is 12.8. The van der Waals surface area contributed by atoms with Gasteiger partial charge in [-0.25, -0.2) is 13.1 Å². The minimum atomic E-state index is -3.62. The van der Waals surface area contributed by atoms with Crippen LogP contribution < -0.4 is 15.4 Å². The number of hydrogen-bond acceptors (Lipinski definition) is 3. The Balaban J connectivity index is 0.00000363. The average molecular weight is 570 g/mol. The summed E-state index contributed by atoms with van der Waals surface area (Å²) in [6.45, 7) is 6.52. The van der Waals surface area contributed by atoms with Crippen LogP contribution in [0.4, 0.5) is 0 Å². The van der Waals surface area contributed by atoms with Crippen molar-refractivity contribution in [1.82, 2.24) is 20.3 Å². The van der Waals surface area contributed by atoms with E-state index in [-0.39, 0.29) is 28.9 Å². The van der Waals surface area contributed by atoms with E-state index >= 15 is 0 Å². The maximum absolute atomic E-state index is 12.8. The first kappa shape index (κ1) is 26.1. The number of benzene rings is 2. The maximum Gasteiger partial charge on any atom is 0.241 e. The van der Waals surface area contributed by atoms with Crippen LogP contribution in [0.15, 0.2) is 64.6 Å². The molecule has 0 aliphatic carbocycles. The summed E-state index contributed by atoms with van der Waals surface area (Å²) in [4.78, 5) is 7.81. The molecule has 3 rings (SSSR count). The van der Waals surface area contributed by atoms with Crippen molar-refractivity contribution in [2.75, 3.05) is 13.6 Å². The second kappa shape index (κ2) is 11.2. The van der Waals surface area contributed by atoms with Crippen molar-refractivity contribution in [2.24, 2.45) is 4.99 Å². The average Bonchev–Trinajstić information content (AvgIpc) is 3.12. The highest BCUT2D eigenvalue weighted by Gasteiger charge is 2.24. The lowest BCUT2D eigenvalue weighted by atomic mass is 10.1. The van der Waals surface area contributed by atoms with E-state index in [0.29, 0.717) is 24.6 Å². The standard InChI is InChI=1S/C23H31N5O2S.HI/c1-23(2,3)28-31(29,30)21-12-8-5-9-18(21)16-27-22(24-4)25-14-13-17-15-26-20-11-7-6-10-19(17)20;/h5-12,15,26,28H,13-14,16H2,1-4H3,(H2,24,25,27);1H. The fourth-order valence-electron chi connectivity index (χ4n) is 3.42. The van der Waals surface area contributed by atoms with Gasteiger partial charge < -0.3 is 15.6 Å². The molecule has 0 fully saturated rings. The highest BCUT2D eigenvalue weighted by Crippen LogP contribution is 2.18. The number of rotatable bonds is 7. The molecule has 9 heteroatoms. The number of para-hydroxylation sites is 1. The van der Waals surface area contributed by atoms with E-state index in [1.165, 1.54) is 10.9 Å². The van der Waals surface area contributed by atoms with Gasteiger partial charge in [0.05, 0.1) is 4.90 Å². The number of aromatic amines is 1. The van der Waals surface area contributed by atoms with E-state index in [1.54, 1.807) is 19.2 Å². The number of H-pyrrole nitrogens is 1. The molecule has 1 aromatic heterocycles. The number of hydrogen-bond donors (Lipinski definition) is 4. The normalized spacial score (nSPS) is 12.4. The number of aliphatic imine (C=N–C) groups is 1. The van der Waals surface area contributed by atoms with Crippen LogP contribution in [0.5, 0.6) is 0 Å². The molecule has 0 aliphatic heterocycles. The van der Waals surface area contributed by atoms with Gasteiger partial charge in [-0.3, -0.25) is 4.99 Å². The van der Waals surface area contributed by atoms with Gasteiger partial charge in [0.15, 0.2) is 5.96 Å². The van der Waals surface area contributed by atoms with Gasteiger partial charge in [-0.05, 0) is 50.5 Å². The van der Waals surface area contributed by atoms with E-state index in [0.717, 1.165) is 11.9 Å². The van der Waals surface area contributed by atoms with Gasteiger partial charge in [0.1, 0.15) is 0 Å². The molecular formula is C23H32IN5O2S. The third-order valence-electron chi connectivity index (χ3n) is 4.73. The number of nitrogens with one attached hydrogen (secondary N) is 4. The zero-order valence-corrected chi connectivity index (χ0v) is 22.0. The van der Waals surface area contributed by atoms with Crippen LogP contribution in [-0.4, -0.2) is 38.5 Å². The molecule has 1 heterocycles. The van der Waals surface area contributed by atoms with Crippen molar-refractivity contribution in [2.45, 2.75) is 44.2 Å². The van der Waals surface area contributed by atoms with Gasteiger partial charge in [0.25, 0.3) is 0 Å². The smallest absolute Gasteiger partial charge is 0.241 e. The van der Waals surface area contributed by atoms with Gasteiger partial charge >= 0.3 is 0 Å². The van der Waals surface area contributed by atoms with Crippen LogP contribution in [0.25, 0.3) is 10.9 Å². The number of guanidine groups is 1. The van der Waals surface area contributed by atoms with Crippen LogP contribution in [0.1, 0.15) is 31.9 Å². The van der Waals surface area contributed by atoms with Gasteiger partial charge in [-0.1, -0.05) is 36.4 Å². The fourth-order valence-corrected chi connectivity index (χ4v) is 5.08. The summed E-state index contributed by atoms with van der Waals surface area (Å²) in [6, 6.07) is 15.2. The summed E-state index contributed by atoms with van der Waals surface area (Å²) in [5.41, 5.74) is 2.49. The van der Waals surface area contributed by atoms with Crippen LogP contribution in [0.3, 0.4) is 0 Å². The highest BCUT2D eigenvalue weighted by atomic mass is 127. The van der Waals surface area contributed by atoms with Gasteiger partial charge in [0.2, 0.25) is 10.0 Å². The topological polar surface area (TPSA) is 98.4 Å². The number of sulfonamides is 1. The Morgan fingerprint density at radius 1 is 1.00 bits per heavy atom. The molecule has 0 saturated heterocycles. The second-order valence-corrected chi connectivity index (χ2v) is 10.1. The van der Waals surface area contributed by atoms with Crippen molar-refractivity contribution in [1.29, 1.82) is 0 Å². The molecule has 0 radical (unpaired) electrons. The molecule has 0 atom stereocenters. The van der Waals surface area contributed by atoms with Crippen molar-refractivity contribution in [3.05, 3.63) is 65.9 Å². The molecular weight excluding hydrogens is 537 g/mol. The Kier molecular flexibility index (Phi) is 9.11. The summed E-state index contributed by atoms with van der Waals surface area (Å²) in [7, 11) is -1.93. The number of aromatic nitrogens is 1. The minimum Gasteiger partial charge on any atom is -0.361 e. The monoisotopic (exact) mass is 569 g/mol. The third-order valence-corrected chi connectivity index (χ3v) is 6.59. The van der Waals surface area contributed by atoms with Crippen molar-refractivity contribution >= 4 is 50.9 Å². The first-order valence-electron chi connectivity index (χ1n) is 10.3. The zero-order chi connectivity index (χ0) is 22.5. The Morgan fingerprint density at radius 3 is 2.41 bits per heavy atom. The fraction of sp³-hybridized carbons (Fsp3) is 0.348. The summed E-state index contributed by atoms with van der Waals surface area (Å²) in [6.07, 6.45) is 2.87. The summed E-state index contributed by atoms with van der Waals surface area (Å²) in [5, 5.41) is 7.74. The van der Waals surface area contributed by atoms with Crippen molar-refractivity contribution in [3.8, 4) is 0 Å². The first-order valence-corrected chi connectivity index (χ1v) is 11.8. The lowest BCUT2D eigenvalue weighted by Gasteiger charge is -2.22. The van der Waals surface area contributed by atoms with Crippen LogP contribution in [-0.2, 0) is 23.0 Å². The zero-order valence-electron chi connectivity index (χ0n) is 18.9. The molecule has 3 aromatic rings. The van der Waals surface area contributed by atoms with Gasteiger partial charge in [-0.15, -0.1) is 24.0 Å².